The van der Waals surface area contributed by atoms with Gasteiger partial charge in [0, 0.05) is 11.1 Å². The minimum Gasteiger partial charge on any atom is -0.452 e. The normalized spacial score (nSPS) is 22.0. The summed E-state index contributed by atoms with van der Waals surface area (Å²) < 4.78 is 27.9. The van der Waals surface area contributed by atoms with Crippen LogP contribution in [0.1, 0.15) is 24.5 Å². The Morgan fingerprint density at radius 1 is 1.40 bits per heavy atom. The zero-order valence-electron chi connectivity index (χ0n) is 14.0. The van der Waals surface area contributed by atoms with E-state index < -0.39 is 33.9 Å². The van der Waals surface area contributed by atoms with Gasteiger partial charge in [-0.1, -0.05) is 23.7 Å². The van der Waals surface area contributed by atoms with Gasteiger partial charge in [0.05, 0.1) is 17.0 Å². The standard InChI is InChI=1S/C17H20ClNO5S/c1-12-3-4-13(9-14(12)18)5-6-16(21)24-10-15(20)19-17(2)7-8-25(22,23)11-17/h3-6,9H,7-8,10-11H2,1-2H3,(H,19,20)/b6-5+/t17-/m1/s1. The summed E-state index contributed by atoms with van der Waals surface area (Å²) in [4.78, 5) is 23.5. The Kier molecular flexibility index (Phi) is 5.90. The first-order chi connectivity index (χ1) is 11.6. The summed E-state index contributed by atoms with van der Waals surface area (Å²) in [6.45, 7) is 3.07. The van der Waals surface area contributed by atoms with E-state index in [2.05, 4.69) is 5.32 Å². The molecule has 1 aromatic carbocycles. The van der Waals surface area contributed by atoms with Gasteiger partial charge < -0.3 is 10.1 Å². The number of rotatable bonds is 5. The number of carbonyl (C=O) groups is 2. The van der Waals surface area contributed by atoms with E-state index >= 15 is 0 Å². The Morgan fingerprint density at radius 2 is 2.12 bits per heavy atom. The van der Waals surface area contributed by atoms with Crippen LogP contribution in [-0.2, 0) is 24.2 Å². The second-order valence-electron chi connectivity index (χ2n) is 6.40. The van der Waals surface area contributed by atoms with E-state index in [0.29, 0.717) is 11.4 Å². The van der Waals surface area contributed by atoms with Crippen molar-refractivity contribution in [3.8, 4) is 0 Å². The summed E-state index contributed by atoms with van der Waals surface area (Å²) in [5, 5.41) is 3.21. The van der Waals surface area contributed by atoms with Crippen molar-refractivity contribution in [2.75, 3.05) is 18.1 Å². The average Bonchev–Trinajstić information content (AvgIpc) is 2.79. The molecule has 0 unspecified atom stereocenters. The van der Waals surface area contributed by atoms with Crippen molar-refractivity contribution in [1.29, 1.82) is 0 Å². The second-order valence-corrected chi connectivity index (χ2v) is 8.99. The van der Waals surface area contributed by atoms with E-state index in [9.17, 15) is 18.0 Å². The number of ether oxygens (including phenoxy) is 1. The molecule has 2 rings (SSSR count). The molecule has 1 aliphatic heterocycles. The molecule has 1 atom stereocenters. The van der Waals surface area contributed by atoms with E-state index in [1.807, 2.05) is 13.0 Å². The van der Waals surface area contributed by atoms with Crippen molar-refractivity contribution < 1.29 is 22.7 Å². The highest BCUT2D eigenvalue weighted by atomic mass is 35.5. The molecule has 6 nitrogen and oxygen atoms in total. The Labute approximate surface area is 152 Å². The molecule has 136 valence electrons. The molecular weight excluding hydrogens is 366 g/mol. The molecule has 1 aromatic rings. The van der Waals surface area contributed by atoms with Gasteiger partial charge in [-0.05, 0) is 43.5 Å². The van der Waals surface area contributed by atoms with Crippen molar-refractivity contribution in [1.82, 2.24) is 5.32 Å². The quantitative estimate of drug-likeness (QED) is 0.617. The molecule has 1 N–H and O–H groups in total. The van der Waals surface area contributed by atoms with Crippen molar-refractivity contribution in [3.05, 3.63) is 40.4 Å². The first-order valence-corrected chi connectivity index (χ1v) is 9.91. The van der Waals surface area contributed by atoms with Crippen molar-refractivity contribution >= 4 is 39.4 Å². The van der Waals surface area contributed by atoms with E-state index in [1.165, 1.54) is 12.2 Å². The van der Waals surface area contributed by atoms with Gasteiger partial charge in [0.2, 0.25) is 0 Å². The molecular formula is C17H20ClNO5S. The Bertz CT molecular complexity index is 818. The van der Waals surface area contributed by atoms with Crippen LogP contribution in [0, 0.1) is 6.92 Å². The van der Waals surface area contributed by atoms with Crippen LogP contribution in [0.3, 0.4) is 0 Å². The zero-order valence-corrected chi connectivity index (χ0v) is 15.6. The van der Waals surface area contributed by atoms with Gasteiger partial charge in [-0.25, -0.2) is 13.2 Å². The highest BCUT2D eigenvalue weighted by molar-refractivity contribution is 7.91. The summed E-state index contributed by atoms with van der Waals surface area (Å²) in [5.41, 5.74) is 0.859. The molecule has 1 fully saturated rings. The summed E-state index contributed by atoms with van der Waals surface area (Å²) in [5.74, 6) is -1.25. The summed E-state index contributed by atoms with van der Waals surface area (Å²) in [6.07, 6.45) is 3.09. The number of carbonyl (C=O) groups excluding carboxylic acids is 2. The van der Waals surface area contributed by atoms with Crippen LogP contribution in [0.2, 0.25) is 5.02 Å². The third kappa shape index (κ3) is 5.86. The molecule has 0 spiro atoms. The molecule has 1 amide bonds. The fourth-order valence-corrected chi connectivity index (χ4v) is 4.83. The van der Waals surface area contributed by atoms with Gasteiger partial charge in [0.1, 0.15) is 0 Å². The maximum atomic E-state index is 11.9. The summed E-state index contributed by atoms with van der Waals surface area (Å²) >= 11 is 6.00. The molecule has 0 aromatic heterocycles. The molecule has 1 saturated heterocycles. The fraction of sp³-hybridized carbons (Fsp3) is 0.412. The molecule has 1 heterocycles. The van der Waals surface area contributed by atoms with Gasteiger partial charge in [-0.3, -0.25) is 4.79 Å². The van der Waals surface area contributed by atoms with Crippen LogP contribution >= 0.6 is 11.6 Å². The highest BCUT2D eigenvalue weighted by Gasteiger charge is 2.39. The van der Waals surface area contributed by atoms with Gasteiger partial charge in [0.15, 0.2) is 16.4 Å². The lowest BCUT2D eigenvalue weighted by Gasteiger charge is -2.23. The first-order valence-electron chi connectivity index (χ1n) is 7.71. The minimum atomic E-state index is -3.12. The van der Waals surface area contributed by atoms with Crippen LogP contribution in [0.5, 0.6) is 0 Å². The number of aryl methyl sites for hydroxylation is 1. The predicted octanol–water partition coefficient (Wildman–Crippen LogP) is 1.90. The van der Waals surface area contributed by atoms with Crippen molar-refractivity contribution in [2.45, 2.75) is 25.8 Å². The largest absolute Gasteiger partial charge is 0.452 e. The maximum absolute atomic E-state index is 11.9. The topological polar surface area (TPSA) is 89.5 Å². The number of hydrogen-bond donors (Lipinski definition) is 1. The van der Waals surface area contributed by atoms with Gasteiger partial charge >= 0.3 is 5.97 Å². The van der Waals surface area contributed by atoms with Crippen LogP contribution in [0.25, 0.3) is 6.08 Å². The molecule has 0 radical (unpaired) electrons. The van der Waals surface area contributed by atoms with Crippen molar-refractivity contribution in [3.63, 3.8) is 0 Å². The Morgan fingerprint density at radius 3 is 2.72 bits per heavy atom. The second kappa shape index (κ2) is 7.58. The third-order valence-corrected chi connectivity index (χ3v) is 6.21. The fourth-order valence-electron chi connectivity index (χ4n) is 2.54. The Balaban J connectivity index is 1.82. The van der Waals surface area contributed by atoms with Crippen molar-refractivity contribution in [2.24, 2.45) is 0 Å². The van der Waals surface area contributed by atoms with E-state index in [1.54, 1.807) is 19.1 Å². The minimum absolute atomic E-state index is 0.0470. The third-order valence-electron chi connectivity index (χ3n) is 3.90. The first kappa shape index (κ1) is 19.5. The molecule has 1 aliphatic rings. The predicted molar refractivity (Wildman–Crippen MR) is 96.0 cm³/mol. The molecule has 0 bridgehead atoms. The summed E-state index contributed by atoms with van der Waals surface area (Å²) in [7, 11) is -3.12. The summed E-state index contributed by atoms with van der Waals surface area (Å²) in [6, 6.07) is 5.35. The lowest BCUT2D eigenvalue weighted by Crippen LogP contribution is -2.48. The zero-order chi connectivity index (χ0) is 18.7. The monoisotopic (exact) mass is 385 g/mol. The lowest BCUT2D eigenvalue weighted by atomic mass is 10.0. The van der Waals surface area contributed by atoms with Crippen LogP contribution in [0.4, 0.5) is 0 Å². The number of hydrogen-bond acceptors (Lipinski definition) is 5. The molecule has 0 saturated carbocycles. The van der Waals surface area contributed by atoms with Gasteiger partial charge in [-0.15, -0.1) is 0 Å². The molecule has 25 heavy (non-hydrogen) atoms. The number of esters is 1. The van der Waals surface area contributed by atoms with Gasteiger partial charge in [0.25, 0.3) is 5.91 Å². The average molecular weight is 386 g/mol. The van der Waals surface area contributed by atoms with E-state index in [4.69, 9.17) is 16.3 Å². The highest BCUT2D eigenvalue weighted by Crippen LogP contribution is 2.22. The number of halogens is 1. The number of benzene rings is 1. The maximum Gasteiger partial charge on any atom is 0.331 e. The number of sulfone groups is 1. The van der Waals surface area contributed by atoms with Gasteiger partial charge in [-0.2, -0.15) is 0 Å². The van der Waals surface area contributed by atoms with Crippen LogP contribution in [-0.4, -0.2) is 43.9 Å². The molecule has 0 aliphatic carbocycles. The SMILES string of the molecule is Cc1ccc(/C=C/C(=O)OCC(=O)N[C@]2(C)CCS(=O)(=O)C2)cc1Cl. The van der Waals surface area contributed by atoms with E-state index in [0.717, 1.165) is 11.1 Å². The molecule has 8 heteroatoms. The smallest absolute Gasteiger partial charge is 0.331 e. The number of amides is 1. The lowest BCUT2D eigenvalue weighted by molar-refractivity contribution is -0.144. The number of nitrogens with one attached hydrogen (secondary N) is 1. The van der Waals surface area contributed by atoms with E-state index in [-0.39, 0.29) is 11.5 Å². The van der Waals surface area contributed by atoms with Crippen LogP contribution < -0.4 is 5.32 Å². The Hall–Kier alpha value is -1.86. The van der Waals surface area contributed by atoms with Crippen LogP contribution in [0.15, 0.2) is 24.3 Å².